The molecule has 0 unspecified atom stereocenters. The second kappa shape index (κ2) is 7.38. The predicted octanol–water partition coefficient (Wildman–Crippen LogP) is 4.05. The maximum Gasteiger partial charge on any atom is 0.211 e. The highest BCUT2D eigenvalue weighted by atomic mass is 35.5. The molecule has 0 amide bonds. The van der Waals surface area contributed by atoms with E-state index >= 15 is 0 Å². The van der Waals surface area contributed by atoms with Crippen molar-refractivity contribution < 1.29 is 13.2 Å². The number of carbonyl (C=O) groups is 1. The number of ketones is 1. The number of halogens is 2. The van der Waals surface area contributed by atoms with Crippen molar-refractivity contribution in [3.63, 3.8) is 0 Å². The fourth-order valence-electron chi connectivity index (χ4n) is 1.99. The van der Waals surface area contributed by atoms with Crippen molar-refractivity contribution in [3.05, 3.63) is 75.2 Å². The maximum atomic E-state index is 12.9. The molecule has 0 N–H and O–H groups in total. The van der Waals surface area contributed by atoms with Gasteiger partial charge in [-0.15, -0.1) is 0 Å². The molecule has 2 aromatic rings. The van der Waals surface area contributed by atoms with E-state index < -0.39 is 15.6 Å². The molecule has 0 fully saturated rings. The molecule has 0 saturated heterocycles. The Balaban J connectivity index is 2.58. The number of sulfone groups is 1. The second-order valence-electron chi connectivity index (χ2n) is 5.23. The minimum atomic E-state index is -3.97. The lowest BCUT2D eigenvalue weighted by Gasteiger charge is -2.13. The van der Waals surface area contributed by atoms with Crippen LogP contribution in [-0.4, -0.2) is 33.2 Å². The van der Waals surface area contributed by atoms with E-state index in [0.717, 1.165) is 0 Å². The smallest absolute Gasteiger partial charge is 0.211 e. The lowest BCUT2D eigenvalue weighted by atomic mass is 10.1. The van der Waals surface area contributed by atoms with Gasteiger partial charge in [-0.1, -0.05) is 41.4 Å². The van der Waals surface area contributed by atoms with Crippen LogP contribution in [0.2, 0.25) is 10.0 Å². The Hall–Kier alpha value is -1.82. The second-order valence-corrected chi connectivity index (χ2v) is 7.96. The van der Waals surface area contributed by atoms with E-state index in [1.165, 1.54) is 41.4 Å². The molecule has 0 saturated carbocycles. The summed E-state index contributed by atoms with van der Waals surface area (Å²) in [5.74, 6) is -0.647. The quantitative estimate of drug-likeness (QED) is 0.577. The number of nitrogens with zero attached hydrogens (tertiary/aromatic N) is 1. The lowest BCUT2D eigenvalue weighted by Crippen LogP contribution is -2.18. The van der Waals surface area contributed by atoms with E-state index in [0.29, 0.717) is 0 Å². The van der Waals surface area contributed by atoms with Crippen LogP contribution in [0.4, 0.5) is 0 Å². The molecule has 0 aliphatic heterocycles. The Bertz CT molecular complexity index is 891. The molecule has 2 rings (SSSR count). The van der Waals surface area contributed by atoms with Gasteiger partial charge in [0.2, 0.25) is 15.6 Å². The zero-order valence-corrected chi connectivity index (χ0v) is 15.4. The van der Waals surface area contributed by atoms with E-state index in [1.54, 1.807) is 32.3 Å². The van der Waals surface area contributed by atoms with Crippen molar-refractivity contribution >= 4 is 38.8 Å². The van der Waals surface area contributed by atoms with Crippen molar-refractivity contribution in [2.24, 2.45) is 0 Å². The maximum absolute atomic E-state index is 12.9. The lowest BCUT2D eigenvalue weighted by molar-refractivity contribution is 0.104. The molecule has 24 heavy (non-hydrogen) atoms. The fraction of sp³-hybridized carbons (Fsp3) is 0.118. The molecule has 0 spiro atoms. The van der Waals surface area contributed by atoms with Gasteiger partial charge in [-0.05, 0) is 30.3 Å². The van der Waals surface area contributed by atoms with Gasteiger partial charge in [0.25, 0.3) is 0 Å². The van der Waals surface area contributed by atoms with E-state index in [-0.39, 0.29) is 25.4 Å². The van der Waals surface area contributed by atoms with Crippen molar-refractivity contribution in [1.29, 1.82) is 0 Å². The first-order valence-electron chi connectivity index (χ1n) is 6.91. The topological polar surface area (TPSA) is 54.5 Å². The largest absolute Gasteiger partial charge is 0.382 e. The van der Waals surface area contributed by atoms with Gasteiger partial charge in [-0.25, -0.2) is 8.42 Å². The molecule has 0 aliphatic rings. The first-order valence-corrected chi connectivity index (χ1v) is 9.15. The van der Waals surface area contributed by atoms with Crippen LogP contribution in [0.1, 0.15) is 10.4 Å². The summed E-state index contributed by atoms with van der Waals surface area (Å²) in [5.41, 5.74) is 0.150. The Morgan fingerprint density at radius 1 is 1.00 bits per heavy atom. The number of hydrogen-bond donors (Lipinski definition) is 0. The molecule has 126 valence electrons. The van der Waals surface area contributed by atoms with Crippen molar-refractivity contribution in [2.45, 2.75) is 4.90 Å². The number of hydrogen-bond acceptors (Lipinski definition) is 4. The number of rotatable bonds is 5. The third kappa shape index (κ3) is 3.98. The molecule has 7 heteroatoms. The van der Waals surface area contributed by atoms with Crippen molar-refractivity contribution in [1.82, 2.24) is 4.90 Å². The number of Topliss-reactive ketones (excluding diaryl/α,β-unsaturated/α-hetero) is 1. The van der Waals surface area contributed by atoms with Gasteiger partial charge in [-0.2, -0.15) is 0 Å². The van der Waals surface area contributed by atoms with Gasteiger partial charge >= 0.3 is 0 Å². The first kappa shape index (κ1) is 18.5. The van der Waals surface area contributed by atoms with Crippen molar-refractivity contribution in [3.8, 4) is 0 Å². The Morgan fingerprint density at radius 3 is 2.17 bits per heavy atom. The molecular weight excluding hydrogens is 369 g/mol. The van der Waals surface area contributed by atoms with Gasteiger partial charge in [0.15, 0.2) is 0 Å². The Morgan fingerprint density at radius 2 is 1.62 bits per heavy atom. The molecule has 0 atom stereocenters. The highest BCUT2D eigenvalue weighted by Crippen LogP contribution is 2.27. The zero-order valence-electron chi connectivity index (χ0n) is 13.0. The van der Waals surface area contributed by atoms with E-state index in [9.17, 15) is 13.2 Å². The van der Waals surface area contributed by atoms with E-state index in [2.05, 4.69) is 0 Å². The summed E-state index contributed by atoms with van der Waals surface area (Å²) in [6.45, 7) is 0. The average molecular weight is 384 g/mol. The van der Waals surface area contributed by atoms with Crippen LogP contribution in [0.5, 0.6) is 0 Å². The SMILES string of the molecule is CN(C)/C=C(/C(=O)c1ccc(Cl)c(Cl)c1)S(=O)(=O)c1ccccc1. The summed E-state index contributed by atoms with van der Waals surface area (Å²) >= 11 is 11.8. The van der Waals surface area contributed by atoms with Gasteiger partial charge in [0, 0.05) is 25.9 Å². The minimum absolute atomic E-state index is 0.0477. The van der Waals surface area contributed by atoms with Gasteiger partial charge < -0.3 is 4.90 Å². The van der Waals surface area contributed by atoms with Gasteiger partial charge in [0.05, 0.1) is 14.9 Å². The van der Waals surface area contributed by atoms with Crippen LogP contribution in [-0.2, 0) is 9.84 Å². The Labute approximate surface area is 151 Å². The third-order valence-corrected chi connectivity index (χ3v) is 5.63. The Kier molecular flexibility index (Phi) is 5.70. The van der Waals surface area contributed by atoms with Crippen LogP contribution in [0.15, 0.2) is 64.5 Å². The number of benzene rings is 2. The molecule has 0 aromatic heterocycles. The number of carbonyl (C=O) groups excluding carboxylic acids is 1. The van der Waals surface area contributed by atoms with Crippen LogP contribution in [0.3, 0.4) is 0 Å². The highest BCUT2D eigenvalue weighted by molar-refractivity contribution is 7.96. The molecule has 0 aliphatic carbocycles. The average Bonchev–Trinajstić information content (AvgIpc) is 2.55. The van der Waals surface area contributed by atoms with Gasteiger partial charge in [-0.3, -0.25) is 4.79 Å². The first-order chi connectivity index (χ1) is 11.2. The summed E-state index contributed by atoms with van der Waals surface area (Å²) in [7, 11) is -0.690. The van der Waals surface area contributed by atoms with Crippen LogP contribution < -0.4 is 0 Å². The summed E-state index contributed by atoms with van der Waals surface area (Å²) in [6.07, 6.45) is 1.28. The molecule has 0 heterocycles. The molecule has 0 radical (unpaired) electrons. The van der Waals surface area contributed by atoms with E-state index in [1.807, 2.05) is 0 Å². The predicted molar refractivity (Wildman–Crippen MR) is 96.2 cm³/mol. The monoisotopic (exact) mass is 383 g/mol. The van der Waals surface area contributed by atoms with Crippen LogP contribution in [0, 0.1) is 0 Å². The van der Waals surface area contributed by atoms with Gasteiger partial charge in [0.1, 0.15) is 4.91 Å². The zero-order chi connectivity index (χ0) is 17.9. The van der Waals surface area contributed by atoms with Crippen LogP contribution in [0.25, 0.3) is 0 Å². The minimum Gasteiger partial charge on any atom is -0.382 e. The molecule has 4 nitrogen and oxygen atoms in total. The standard InChI is InChI=1S/C17H15Cl2NO3S/c1-20(2)11-16(24(22,23)13-6-4-3-5-7-13)17(21)12-8-9-14(18)15(19)10-12/h3-11H,1-2H3/b16-11-. The van der Waals surface area contributed by atoms with Crippen molar-refractivity contribution in [2.75, 3.05) is 14.1 Å². The van der Waals surface area contributed by atoms with E-state index in [4.69, 9.17) is 23.2 Å². The molecule has 0 bridgehead atoms. The molecule has 2 aromatic carbocycles. The normalized spacial score (nSPS) is 12.1. The third-order valence-electron chi connectivity index (χ3n) is 3.12. The summed E-state index contributed by atoms with van der Waals surface area (Å²) in [6, 6.07) is 12.1. The van der Waals surface area contributed by atoms with Crippen LogP contribution >= 0.6 is 23.2 Å². The summed E-state index contributed by atoms with van der Waals surface area (Å²) < 4.78 is 25.7. The highest BCUT2D eigenvalue weighted by Gasteiger charge is 2.28. The number of allylic oxidation sites excluding steroid dienone is 1. The molecular formula is C17H15Cl2NO3S. The fourth-order valence-corrected chi connectivity index (χ4v) is 3.77. The summed E-state index contributed by atoms with van der Waals surface area (Å²) in [4.78, 5) is 14.0. The summed E-state index contributed by atoms with van der Waals surface area (Å²) in [5, 5.41) is 0.473.